The first-order chi connectivity index (χ1) is 13.7. The number of carbonyl (C=O) groups is 3. The molecule has 0 radical (unpaired) electrons. The smallest absolute Gasteiger partial charge is 0.412 e. The van der Waals surface area contributed by atoms with Gasteiger partial charge in [0.05, 0.1) is 18.4 Å². The van der Waals surface area contributed by atoms with Crippen LogP contribution in [0.2, 0.25) is 0 Å². The lowest BCUT2D eigenvalue weighted by molar-refractivity contribution is 0.0601. The molecule has 0 heterocycles. The van der Waals surface area contributed by atoms with Crippen LogP contribution in [0.1, 0.15) is 36.7 Å². The zero-order valence-electron chi connectivity index (χ0n) is 16.8. The lowest BCUT2D eigenvalue weighted by Gasteiger charge is -2.20. The Bertz CT molecular complexity index is 874. The van der Waals surface area contributed by atoms with E-state index in [4.69, 9.17) is 14.2 Å². The van der Waals surface area contributed by atoms with E-state index in [1.165, 1.54) is 25.3 Å². The molecule has 29 heavy (non-hydrogen) atoms. The van der Waals surface area contributed by atoms with E-state index in [1.54, 1.807) is 20.8 Å². The molecular formula is C21H24N2O6. The van der Waals surface area contributed by atoms with Crippen LogP contribution >= 0.6 is 0 Å². The third kappa shape index (κ3) is 7.17. The SMILES string of the molecule is COC(=O)c1cc(NC(=O)OCc2ccccc2)ccc1NC(=O)OC(C)(C)C. The number of hydrogen-bond donors (Lipinski definition) is 2. The van der Waals surface area contributed by atoms with Crippen LogP contribution in [0.5, 0.6) is 0 Å². The van der Waals surface area contributed by atoms with Gasteiger partial charge in [0.1, 0.15) is 12.2 Å². The van der Waals surface area contributed by atoms with Crippen LogP contribution in [0.25, 0.3) is 0 Å². The Morgan fingerprint density at radius 3 is 2.24 bits per heavy atom. The number of benzene rings is 2. The van der Waals surface area contributed by atoms with E-state index in [9.17, 15) is 14.4 Å². The van der Waals surface area contributed by atoms with Gasteiger partial charge in [-0.15, -0.1) is 0 Å². The van der Waals surface area contributed by atoms with E-state index >= 15 is 0 Å². The van der Waals surface area contributed by atoms with Crippen molar-refractivity contribution in [3.8, 4) is 0 Å². The van der Waals surface area contributed by atoms with Crippen LogP contribution in [0.3, 0.4) is 0 Å². The minimum Gasteiger partial charge on any atom is -0.465 e. The van der Waals surface area contributed by atoms with E-state index in [2.05, 4.69) is 10.6 Å². The number of hydrogen-bond acceptors (Lipinski definition) is 6. The number of amides is 2. The van der Waals surface area contributed by atoms with Crippen molar-refractivity contribution in [2.24, 2.45) is 0 Å². The fourth-order valence-electron chi connectivity index (χ4n) is 2.30. The van der Waals surface area contributed by atoms with Crippen LogP contribution in [-0.4, -0.2) is 30.9 Å². The van der Waals surface area contributed by atoms with Gasteiger partial charge < -0.3 is 14.2 Å². The molecule has 0 fully saturated rings. The van der Waals surface area contributed by atoms with Gasteiger partial charge in [0.2, 0.25) is 0 Å². The maximum Gasteiger partial charge on any atom is 0.412 e. The van der Waals surface area contributed by atoms with Gasteiger partial charge in [-0.05, 0) is 44.5 Å². The van der Waals surface area contributed by atoms with Crippen molar-refractivity contribution in [1.29, 1.82) is 0 Å². The summed E-state index contributed by atoms with van der Waals surface area (Å²) in [6.45, 7) is 5.28. The lowest BCUT2D eigenvalue weighted by atomic mass is 10.1. The molecule has 154 valence electrons. The molecule has 2 N–H and O–H groups in total. The van der Waals surface area contributed by atoms with Crippen molar-refractivity contribution in [3.05, 3.63) is 59.7 Å². The molecule has 8 nitrogen and oxygen atoms in total. The topological polar surface area (TPSA) is 103 Å². The zero-order chi connectivity index (χ0) is 21.4. The average Bonchev–Trinajstić information content (AvgIpc) is 2.66. The highest BCUT2D eigenvalue weighted by atomic mass is 16.6. The van der Waals surface area contributed by atoms with Gasteiger partial charge in [0, 0.05) is 5.69 Å². The van der Waals surface area contributed by atoms with Crippen LogP contribution in [0, 0.1) is 0 Å². The second-order valence-corrected chi connectivity index (χ2v) is 7.07. The van der Waals surface area contributed by atoms with E-state index in [1.807, 2.05) is 30.3 Å². The summed E-state index contributed by atoms with van der Waals surface area (Å²) in [4.78, 5) is 36.1. The first kappa shape index (κ1) is 21.7. The molecule has 0 atom stereocenters. The minimum absolute atomic E-state index is 0.0548. The maximum absolute atomic E-state index is 12.1. The summed E-state index contributed by atoms with van der Waals surface area (Å²) < 4.78 is 15.1. The molecule has 0 bridgehead atoms. The van der Waals surface area contributed by atoms with Crippen LogP contribution < -0.4 is 10.6 Å². The monoisotopic (exact) mass is 400 g/mol. The van der Waals surface area contributed by atoms with E-state index < -0.39 is 23.8 Å². The third-order valence-corrected chi connectivity index (χ3v) is 3.52. The van der Waals surface area contributed by atoms with Gasteiger partial charge in [-0.25, -0.2) is 14.4 Å². The van der Waals surface area contributed by atoms with Crippen LogP contribution in [-0.2, 0) is 20.8 Å². The van der Waals surface area contributed by atoms with Crippen LogP contribution in [0.15, 0.2) is 48.5 Å². The Labute approximate surface area is 169 Å². The molecule has 2 rings (SSSR count). The second kappa shape index (κ2) is 9.59. The molecule has 0 aliphatic heterocycles. The summed E-state index contributed by atoms with van der Waals surface area (Å²) in [5.41, 5.74) is 0.695. The fraction of sp³-hybridized carbons (Fsp3) is 0.286. The van der Waals surface area contributed by atoms with Gasteiger partial charge in [0.25, 0.3) is 0 Å². The molecular weight excluding hydrogens is 376 g/mol. The first-order valence-electron chi connectivity index (χ1n) is 8.88. The summed E-state index contributed by atoms with van der Waals surface area (Å²) in [6.07, 6.45) is -1.40. The molecule has 0 saturated heterocycles. The Hall–Kier alpha value is -3.55. The van der Waals surface area contributed by atoms with Crippen molar-refractivity contribution >= 4 is 29.5 Å². The number of methoxy groups -OCH3 is 1. The number of rotatable bonds is 5. The third-order valence-electron chi connectivity index (χ3n) is 3.52. The predicted molar refractivity (Wildman–Crippen MR) is 108 cm³/mol. The Kier molecular flexibility index (Phi) is 7.19. The van der Waals surface area contributed by atoms with E-state index in [0.717, 1.165) is 5.56 Å². The zero-order valence-corrected chi connectivity index (χ0v) is 16.8. The van der Waals surface area contributed by atoms with Crippen molar-refractivity contribution in [3.63, 3.8) is 0 Å². The standard InChI is InChI=1S/C21H24N2O6/c1-21(2,3)29-20(26)23-17-11-10-15(12-16(17)18(24)27-4)22-19(25)28-13-14-8-6-5-7-9-14/h5-12H,13H2,1-4H3,(H,22,25)(H,23,26). The van der Waals surface area contributed by atoms with Gasteiger partial charge in [0.15, 0.2) is 0 Å². The molecule has 0 aliphatic rings. The Balaban J connectivity index is 2.08. The minimum atomic E-state index is -0.717. The molecule has 0 aliphatic carbocycles. The molecule has 0 unspecified atom stereocenters. The summed E-state index contributed by atoms with van der Waals surface area (Å²) in [5, 5.41) is 5.04. The fourth-order valence-corrected chi connectivity index (χ4v) is 2.30. The molecule has 2 aromatic carbocycles. The largest absolute Gasteiger partial charge is 0.465 e. The average molecular weight is 400 g/mol. The number of anilines is 2. The summed E-state index contributed by atoms with van der Waals surface area (Å²) in [6, 6.07) is 13.6. The highest BCUT2D eigenvalue weighted by Gasteiger charge is 2.20. The van der Waals surface area contributed by atoms with Gasteiger partial charge >= 0.3 is 18.2 Å². The number of nitrogens with one attached hydrogen (secondary N) is 2. The van der Waals surface area contributed by atoms with E-state index in [0.29, 0.717) is 5.69 Å². The van der Waals surface area contributed by atoms with Crippen molar-refractivity contribution < 1.29 is 28.6 Å². The highest BCUT2D eigenvalue weighted by molar-refractivity contribution is 6.01. The van der Waals surface area contributed by atoms with Gasteiger partial charge in [-0.1, -0.05) is 30.3 Å². The summed E-state index contributed by atoms with van der Waals surface area (Å²) >= 11 is 0. The molecule has 8 heteroatoms. The first-order valence-corrected chi connectivity index (χ1v) is 8.88. The van der Waals surface area contributed by atoms with Gasteiger partial charge in [-0.3, -0.25) is 10.6 Å². The van der Waals surface area contributed by atoms with E-state index in [-0.39, 0.29) is 17.9 Å². The van der Waals surface area contributed by atoms with Crippen LogP contribution in [0.4, 0.5) is 21.0 Å². The Morgan fingerprint density at radius 2 is 1.62 bits per heavy atom. The normalized spacial score (nSPS) is 10.6. The lowest BCUT2D eigenvalue weighted by Crippen LogP contribution is -2.27. The predicted octanol–water partition coefficient (Wildman–Crippen LogP) is 4.57. The number of ether oxygens (including phenoxy) is 3. The molecule has 0 aromatic heterocycles. The Morgan fingerprint density at radius 1 is 0.931 bits per heavy atom. The van der Waals surface area contributed by atoms with Crippen molar-refractivity contribution in [2.75, 3.05) is 17.7 Å². The molecule has 2 amide bonds. The summed E-state index contributed by atoms with van der Waals surface area (Å²) in [5.74, 6) is -0.683. The maximum atomic E-state index is 12.1. The molecule has 0 saturated carbocycles. The van der Waals surface area contributed by atoms with Crippen molar-refractivity contribution in [1.82, 2.24) is 0 Å². The quantitative estimate of drug-likeness (QED) is 0.563. The molecule has 0 spiro atoms. The number of carbonyl (C=O) groups excluding carboxylic acids is 3. The summed E-state index contributed by atoms with van der Waals surface area (Å²) in [7, 11) is 1.22. The van der Waals surface area contributed by atoms with Gasteiger partial charge in [-0.2, -0.15) is 0 Å². The second-order valence-electron chi connectivity index (χ2n) is 7.07. The van der Waals surface area contributed by atoms with Crippen molar-refractivity contribution in [2.45, 2.75) is 33.0 Å². The molecule has 2 aromatic rings. The number of esters is 1. The highest BCUT2D eigenvalue weighted by Crippen LogP contribution is 2.23.